The quantitative estimate of drug-likeness (QED) is 0.873. The SMILES string of the molecule is Cc1cccc(CC(=O)NCC2CCCC(O)C2)c1. The van der Waals surface area contributed by atoms with Gasteiger partial charge in [-0.2, -0.15) is 0 Å². The number of hydrogen-bond donors (Lipinski definition) is 2. The fourth-order valence-corrected chi connectivity index (χ4v) is 2.78. The number of aliphatic hydroxyl groups excluding tert-OH is 1. The van der Waals surface area contributed by atoms with Gasteiger partial charge in [0.25, 0.3) is 0 Å². The van der Waals surface area contributed by atoms with Crippen molar-refractivity contribution in [3.63, 3.8) is 0 Å². The van der Waals surface area contributed by atoms with Crippen LogP contribution in [0.3, 0.4) is 0 Å². The van der Waals surface area contributed by atoms with Crippen molar-refractivity contribution < 1.29 is 9.90 Å². The number of carbonyl (C=O) groups is 1. The highest BCUT2D eigenvalue weighted by molar-refractivity contribution is 5.78. The van der Waals surface area contributed by atoms with Crippen molar-refractivity contribution in [3.05, 3.63) is 35.4 Å². The molecule has 0 radical (unpaired) electrons. The molecule has 19 heavy (non-hydrogen) atoms. The molecule has 1 fully saturated rings. The van der Waals surface area contributed by atoms with Gasteiger partial charge < -0.3 is 10.4 Å². The van der Waals surface area contributed by atoms with Gasteiger partial charge in [-0.25, -0.2) is 0 Å². The maximum Gasteiger partial charge on any atom is 0.224 e. The summed E-state index contributed by atoms with van der Waals surface area (Å²) in [7, 11) is 0. The van der Waals surface area contributed by atoms with Gasteiger partial charge in [0.2, 0.25) is 5.91 Å². The largest absolute Gasteiger partial charge is 0.393 e. The van der Waals surface area contributed by atoms with Crippen molar-refractivity contribution in [2.75, 3.05) is 6.54 Å². The molecule has 1 aromatic carbocycles. The maximum atomic E-state index is 11.9. The highest BCUT2D eigenvalue weighted by atomic mass is 16.3. The number of carbonyl (C=O) groups excluding carboxylic acids is 1. The van der Waals surface area contributed by atoms with Gasteiger partial charge in [-0.05, 0) is 37.7 Å². The van der Waals surface area contributed by atoms with E-state index in [9.17, 15) is 9.90 Å². The number of aliphatic hydroxyl groups is 1. The van der Waals surface area contributed by atoms with Crippen molar-refractivity contribution in [2.45, 2.75) is 45.1 Å². The Labute approximate surface area is 115 Å². The second-order valence-electron chi connectivity index (χ2n) is 5.66. The van der Waals surface area contributed by atoms with Crippen molar-refractivity contribution in [3.8, 4) is 0 Å². The normalized spacial score (nSPS) is 23.1. The van der Waals surface area contributed by atoms with E-state index in [-0.39, 0.29) is 12.0 Å². The minimum atomic E-state index is -0.174. The Balaban J connectivity index is 1.75. The molecule has 2 unspecified atom stereocenters. The molecule has 0 spiro atoms. The number of aryl methyl sites for hydroxylation is 1. The molecular weight excluding hydrogens is 238 g/mol. The summed E-state index contributed by atoms with van der Waals surface area (Å²) in [6, 6.07) is 8.04. The van der Waals surface area contributed by atoms with Crippen LogP contribution in [-0.4, -0.2) is 23.7 Å². The first-order valence-corrected chi connectivity index (χ1v) is 7.14. The Morgan fingerprint density at radius 3 is 3.00 bits per heavy atom. The lowest BCUT2D eigenvalue weighted by atomic mass is 9.87. The number of nitrogens with one attached hydrogen (secondary N) is 1. The zero-order chi connectivity index (χ0) is 13.7. The fourth-order valence-electron chi connectivity index (χ4n) is 2.78. The topological polar surface area (TPSA) is 49.3 Å². The molecule has 1 amide bonds. The average Bonchev–Trinajstić information content (AvgIpc) is 2.36. The molecule has 2 N–H and O–H groups in total. The minimum Gasteiger partial charge on any atom is -0.393 e. The zero-order valence-electron chi connectivity index (χ0n) is 11.6. The van der Waals surface area contributed by atoms with Crippen LogP contribution in [0, 0.1) is 12.8 Å². The number of hydrogen-bond acceptors (Lipinski definition) is 2. The molecule has 3 heteroatoms. The third kappa shape index (κ3) is 4.67. The average molecular weight is 261 g/mol. The highest BCUT2D eigenvalue weighted by Crippen LogP contribution is 2.23. The van der Waals surface area contributed by atoms with Crippen molar-refractivity contribution >= 4 is 5.91 Å². The first-order chi connectivity index (χ1) is 9.13. The van der Waals surface area contributed by atoms with E-state index in [0.29, 0.717) is 18.9 Å². The van der Waals surface area contributed by atoms with Crippen LogP contribution in [0.4, 0.5) is 0 Å². The Kier molecular flexibility index (Phi) is 4.97. The van der Waals surface area contributed by atoms with E-state index in [0.717, 1.165) is 31.2 Å². The van der Waals surface area contributed by atoms with Gasteiger partial charge in [0.1, 0.15) is 0 Å². The molecule has 0 saturated heterocycles. The summed E-state index contributed by atoms with van der Waals surface area (Å²) in [5.74, 6) is 0.510. The maximum absolute atomic E-state index is 11.9. The third-order valence-electron chi connectivity index (χ3n) is 3.79. The van der Waals surface area contributed by atoms with Crippen LogP contribution in [-0.2, 0) is 11.2 Å². The first-order valence-electron chi connectivity index (χ1n) is 7.14. The minimum absolute atomic E-state index is 0.0747. The molecule has 0 bridgehead atoms. The Morgan fingerprint density at radius 2 is 2.26 bits per heavy atom. The zero-order valence-corrected chi connectivity index (χ0v) is 11.6. The van der Waals surface area contributed by atoms with Crippen LogP contribution in [0.15, 0.2) is 24.3 Å². The van der Waals surface area contributed by atoms with E-state index in [1.165, 1.54) is 5.56 Å². The summed E-state index contributed by atoms with van der Waals surface area (Å²) in [6.45, 7) is 2.73. The predicted molar refractivity (Wildman–Crippen MR) is 75.9 cm³/mol. The molecule has 1 aromatic rings. The van der Waals surface area contributed by atoms with Gasteiger partial charge in [-0.1, -0.05) is 36.2 Å². The number of rotatable bonds is 4. The Hall–Kier alpha value is -1.35. The van der Waals surface area contributed by atoms with Crippen LogP contribution in [0.2, 0.25) is 0 Å². The molecule has 1 aliphatic carbocycles. The van der Waals surface area contributed by atoms with Gasteiger partial charge in [0.15, 0.2) is 0 Å². The second kappa shape index (κ2) is 6.71. The summed E-state index contributed by atoms with van der Waals surface area (Å²) in [5.41, 5.74) is 2.24. The van der Waals surface area contributed by atoms with Gasteiger partial charge in [-0.15, -0.1) is 0 Å². The van der Waals surface area contributed by atoms with Crippen LogP contribution < -0.4 is 5.32 Å². The predicted octanol–water partition coefficient (Wildman–Crippen LogP) is 2.20. The number of benzene rings is 1. The summed E-state index contributed by atoms with van der Waals surface area (Å²) >= 11 is 0. The van der Waals surface area contributed by atoms with Crippen molar-refractivity contribution in [1.82, 2.24) is 5.32 Å². The summed E-state index contributed by atoms with van der Waals surface area (Å²) < 4.78 is 0. The standard InChI is InChI=1S/C16H23NO2/c1-12-4-2-5-13(8-12)10-16(19)17-11-14-6-3-7-15(18)9-14/h2,4-5,8,14-15,18H,3,6-7,9-11H2,1H3,(H,17,19). The molecule has 1 aliphatic rings. The van der Waals surface area contributed by atoms with Gasteiger partial charge in [0.05, 0.1) is 12.5 Å². The lowest BCUT2D eigenvalue weighted by Gasteiger charge is -2.25. The fraction of sp³-hybridized carbons (Fsp3) is 0.562. The molecule has 3 nitrogen and oxygen atoms in total. The Morgan fingerprint density at radius 1 is 1.42 bits per heavy atom. The smallest absolute Gasteiger partial charge is 0.224 e. The second-order valence-corrected chi connectivity index (χ2v) is 5.66. The van der Waals surface area contributed by atoms with E-state index in [4.69, 9.17) is 0 Å². The molecule has 1 saturated carbocycles. The van der Waals surface area contributed by atoms with E-state index in [1.807, 2.05) is 31.2 Å². The van der Waals surface area contributed by atoms with E-state index in [2.05, 4.69) is 5.32 Å². The van der Waals surface area contributed by atoms with Crippen LogP contribution in [0.1, 0.15) is 36.8 Å². The molecule has 2 rings (SSSR count). The lowest BCUT2D eigenvalue weighted by molar-refractivity contribution is -0.120. The van der Waals surface area contributed by atoms with Crippen molar-refractivity contribution in [2.24, 2.45) is 5.92 Å². The number of amides is 1. The molecule has 0 aromatic heterocycles. The van der Waals surface area contributed by atoms with Gasteiger partial charge in [0, 0.05) is 6.54 Å². The molecule has 0 heterocycles. The molecular formula is C16H23NO2. The Bertz CT molecular complexity index is 431. The van der Waals surface area contributed by atoms with E-state index in [1.54, 1.807) is 0 Å². The lowest BCUT2D eigenvalue weighted by Crippen LogP contribution is -2.33. The third-order valence-corrected chi connectivity index (χ3v) is 3.79. The van der Waals surface area contributed by atoms with Crippen molar-refractivity contribution in [1.29, 1.82) is 0 Å². The van der Waals surface area contributed by atoms with E-state index >= 15 is 0 Å². The summed E-state index contributed by atoms with van der Waals surface area (Å²) in [6.07, 6.45) is 4.18. The summed E-state index contributed by atoms with van der Waals surface area (Å²) in [5, 5.41) is 12.6. The monoisotopic (exact) mass is 261 g/mol. The summed E-state index contributed by atoms with van der Waals surface area (Å²) in [4.78, 5) is 11.9. The van der Waals surface area contributed by atoms with Crippen LogP contribution in [0.5, 0.6) is 0 Å². The van der Waals surface area contributed by atoms with Crippen LogP contribution >= 0.6 is 0 Å². The van der Waals surface area contributed by atoms with Crippen LogP contribution in [0.25, 0.3) is 0 Å². The van der Waals surface area contributed by atoms with Gasteiger partial charge in [-0.3, -0.25) is 4.79 Å². The molecule has 2 atom stereocenters. The van der Waals surface area contributed by atoms with Gasteiger partial charge >= 0.3 is 0 Å². The highest BCUT2D eigenvalue weighted by Gasteiger charge is 2.20. The molecule has 104 valence electrons. The molecule has 0 aliphatic heterocycles. The first kappa shape index (κ1) is 14.1. The van der Waals surface area contributed by atoms with E-state index < -0.39 is 0 Å².